The van der Waals surface area contributed by atoms with Crippen molar-refractivity contribution in [3.8, 4) is 0 Å². The second-order valence-corrected chi connectivity index (χ2v) is 12.7. The Morgan fingerprint density at radius 3 is 2.57 bits per heavy atom. The summed E-state index contributed by atoms with van der Waals surface area (Å²) in [7, 11) is 2.05. The largest absolute Gasteiger partial charge is 0.342 e. The van der Waals surface area contributed by atoms with Crippen LogP contribution < -0.4 is 0 Å². The highest BCUT2D eigenvalue weighted by atomic mass is 32.2. The van der Waals surface area contributed by atoms with Gasteiger partial charge < -0.3 is 4.90 Å². The van der Waals surface area contributed by atoms with Gasteiger partial charge in [0.1, 0.15) is 5.82 Å². The van der Waals surface area contributed by atoms with Crippen LogP contribution in [0.15, 0.2) is 29.2 Å². The van der Waals surface area contributed by atoms with Gasteiger partial charge >= 0.3 is 0 Å². The van der Waals surface area contributed by atoms with Gasteiger partial charge in [-0.25, -0.2) is 4.39 Å². The molecule has 1 amide bonds. The fourth-order valence-corrected chi connectivity index (χ4v) is 9.70. The molecule has 2 nitrogen and oxygen atoms in total. The van der Waals surface area contributed by atoms with Crippen LogP contribution >= 0.6 is 11.8 Å². The van der Waals surface area contributed by atoms with Crippen LogP contribution in [0.1, 0.15) is 65.7 Å². The lowest BCUT2D eigenvalue weighted by atomic mass is 9.45. The zero-order valence-electron chi connectivity index (χ0n) is 18.9. The van der Waals surface area contributed by atoms with Crippen LogP contribution in [0.3, 0.4) is 0 Å². The Balaban J connectivity index is 1.39. The number of amides is 1. The van der Waals surface area contributed by atoms with Gasteiger partial charge in [0.05, 0.1) is 0 Å². The Kier molecular flexibility index (Phi) is 5.04. The van der Waals surface area contributed by atoms with Gasteiger partial charge in [-0.1, -0.05) is 20.8 Å². The third-order valence-electron chi connectivity index (χ3n) is 9.78. The summed E-state index contributed by atoms with van der Waals surface area (Å²) in [6.07, 6.45) is 8.20. The van der Waals surface area contributed by atoms with Crippen molar-refractivity contribution in [1.29, 1.82) is 0 Å². The van der Waals surface area contributed by atoms with Crippen molar-refractivity contribution in [3.63, 3.8) is 0 Å². The van der Waals surface area contributed by atoms with Crippen molar-refractivity contribution in [3.05, 3.63) is 30.1 Å². The Hall–Kier alpha value is -1.03. The Labute approximate surface area is 185 Å². The van der Waals surface area contributed by atoms with E-state index >= 15 is 0 Å². The molecule has 1 saturated heterocycles. The van der Waals surface area contributed by atoms with Crippen molar-refractivity contribution in [2.24, 2.45) is 34.5 Å². The number of likely N-dealkylation sites (tertiary alicyclic amines) is 1. The standard InChI is InChI=1S/C26H36FNOS/c1-16-13-22-26(3,12-10-23(29)28(22)4)20-9-11-25(2)15-19(14-21(25)24(16)20)30-18-7-5-17(27)6-8-18/h5-8,16,19-22,24H,9-15H2,1-4H3/t16-,19-,20-,21-,22+,24?,25+,26+/m0/s1. The lowest BCUT2D eigenvalue weighted by Crippen LogP contribution is -2.62. The summed E-state index contributed by atoms with van der Waals surface area (Å²) < 4.78 is 13.3. The first-order valence-electron chi connectivity index (χ1n) is 11.9. The van der Waals surface area contributed by atoms with Crippen molar-refractivity contribution >= 4 is 17.7 Å². The number of rotatable bonds is 2. The van der Waals surface area contributed by atoms with Crippen LogP contribution in [-0.2, 0) is 4.79 Å². The number of halogens is 1. The molecule has 1 aromatic rings. The summed E-state index contributed by atoms with van der Waals surface area (Å²) in [6.45, 7) is 7.53. The van der Waals surface area contributed by atoms with Gasteiger partial charge in [0.25, 0.3) is 0 Å². The first kappa shape index (κ1) is 20.8. The van der Waals surface area contributed by atoms with Crippen molar-refractivity contribution in [1.82, 2.24) is 4.90 Å². The molecular weight excluding hydrogens is 393 g/mol. The summed E-state index contributed by atoms with van der Waals surface area (Å²) in [5, 5.41) is 0.637. The first-order chi connectivity index (χ1) is 14.2. The van der Waals surface area contributed by atoms with Gasteiger partial charge in [0.15, 0.2) is 0 Å². The second kappa shape index (κ2) is 7.25. The highest BCUT2D eigenvalue weighted by Gasteiger charge is 2.62. The zero-order valence-corrected chi connectivity index (χ0v) is 19.7. The molecule has 4 aliphatic rings. The van der Waals surface area contributed by atoms with Gasteiger partial charge in [-0.05, 0) is 97.3 Å². The Bertz CT molecular complexity index is 827. The molecule has 0 spiro atoms. The first-order valence-corrected chi connectivity index (χ1v) is 12.8. The number of thioether (sulfide) groups is 1. The second-order valence-electron chi connectivity index (χ2n) is 11.4. The van der Waals surface area contributed by atoms with Crippen LogP contribution in [0.4, 0.5) is 4.39 Å². The van der Waals surface area contributed by atoms with Gasteiger partial charge in [-0.2, -0.15) is 0 Å². The third kappa shape index (κ3) is 3.15. The highest BCUT2D eigenvalue weighted by Crippen LogP contribution is 2.67. The molecule has 5 rings (SSSR count). The number of piperidine rings is 1. The minimum Gasteiger partial charge on any atom is -0.342 e. The number of carbonyl (C=O) groups is 1. The Morgan fingerprint density at radius 2 is 1.83 bits per heavy atom. The van der Waals surface area contributed by atoms with E-state index in [1.54, 1.807) is 12.1 Å². The molecule has 0 bridgehead atoms. The molecule has 0 aromatic heterocycles. The average molecular weight is 430 g/mol. The van der Waals surface area contributed by atoms with E-state index in [-0.39, 0.29) is 11.2 Å². The van der Waals surface area contributed by atoms with Crippen molar-refractivity contribution in [2.45, 2.75) is 81.9 Å². The molecule has 0 radical (unpaired) electrons. The molecule has 3 saturated carbocycles. The van der Waals surface area contributed by atoms with E-state index in [1.165, 1.54) is 37.0 Å². The quantitative estimate of drug-likeness (QED) is 0.542. The smallest absolute Gasteiger partial charge is 0.222 e. The van der Waals surface area contributed by atoms with Crippen molar-refractivity contribution in [2.75, 3.05) is 7.05 Å². The van der Waals surface area contributed by atoms with E-state index in [4.69, 9.17) is 0 Å². The summed E-state index contributed by atoms with van der Waals surface area (Å²) in [4.78, 5) is 15.7. The van der Waals surface area contributed by atoms with Crippen LogP contribution in [0.25, 0.3) is 0 Å². The van der Waals surface area contributed by atoms with Crippen LogP contribution in [0, 0.1) is 40.3 Å². The van der Waals surface area contributed by atoms with E-state index in [0.29, 0.717) is 28.5 Å². The molecule has 30 heavy (non-hydrogen) atoms. The molecule has 8 atom stereocenters. The molecule has 164 valence electrons. The zero-order chi connectivity index (χ0) is 21.3. The summed E-state index contributed by atoms with van der Waals surface area (Å²) in [5.74, 6) is 3.19. The minimum atomic E-state index is -0.149. The lowest BCUT2D eigenvalue weighted by Gasteiger charge is -2.63. The number of benzene rings is 1. The van der Waals surface area contributed by atoms with E-state index in [2.05, 4.69) is 32.7 Å². The summed E-state index contributed by atoms with van der Waals surface area (Å²) in [5.41, 5.74) is 0.718. The molecule has 4 fully saturated rings. The highest BCUT2D eigenvalue weighted by molar-refractivity contribution is 8.00. The van der Waals surface area contributed by atoms with E-state index < -0.39 is 0 Å². The monoisotopic (exact) mass is 429 g/mol. The fraction of sp³-hybridized carbons (Fsp3) is 0.731. The molecule has 1 heterocycles. The molecule has 4 heteroatoms. The maximum atomic E-state index is 13.3. The fourth-order valence-electron chi connectivity index (χ4n) is 8.25. The van der Waals surface area contributed by atoms with E-state index in [1.807, 2.05) is 23.9 Å². The number of fused-ring (bicyclic) bond motifs is 5. The molecule has 0 N–H and O–H groups in total. The predicted molar refractivity (Wildman–Crippen MR) is 121 cm³/mol. The van der Waals surface area contributed by atoms with Gasteiger partial charge in [0.2, 0.25) is 5.91 Å². The normalized spacial score (nSPS) is 45.6. The molecule has 1 aliphatic heterocycles. The van der Waals surface area contributed by atoms with Crippen LogP contribution in [-0.4, -0.2) is 29.1 Å². The van der Waals surface area contributed by atoms with Crippen LogP contribution in [0.2, 0.25) is 0 Å². The molecular formula is C26H36FNOS. The predicted octanol–water partition coefficient (Wildman–Crippen LogP) is 6.40. The van der Waals surface area contributed by atoms with Crippen molar-refractivity contribution < 1.29 is 9.18 Å². The summed E-state index contributed by atoms with van der Waals surface area (Å²) in [6, 6.07) is 7.48. The maximum absolute atomic E-state index is 13.3. The number of nitrogens with zero attached hydrogens (tertiary/aromatic N) is 1. The van der Waals surface area contributed by atoms with E-state index in [9.17, 15) is 9.18 Å². The summed E-state index contributed by atoms with van der Waals surface area (Å²) >= 11 is 1.97. The molecule has 1 aromatic carbocycles. The van der Waals surface area contributed by atoms with Gasteiger partial charge in [-0.3, -0.25) is 4.79 Å². The maximum Gasteiger partial charge on any atom is 0.222 e. The van der Waals surface area contributed by atoms with Crippen LogP contribution in [0.5, 0.6) is 0 Å². The lowest BCUT2D eigenvalue weighted by molar-refractivity contribution is -0.164. The number of carbonyl (C=O) groups excluding carboxylic acids is 1. The number of hydrogen-bond donors (Lipinski definition) is 0. The Morgan fingerprint density at radius 1 is 1.10 bits per heavy atom. The molecule has 1 unspecified atom stereocenters. The topological polar surface area (TPSA) is 20.3 Å². The van der Waals surface area contributed by atoms with Gasteiger partial charge in [0, 0.05) is 29.7 Å². The average Bonchev–Trinajstić information content (AvgIpc) is 3.04. The third-order valence-corrected chi connectivity index (χ3v) is 11.0. The SMILES string of the molecule is C[C@H]1C[C@H]2N(C)C(=O)CC[C@]2(C)[C@H]2CC[C@]3(C)C[C@@H](Sc4ccc(F)cc4)C[C@H]3C12. The molecule has 3 aliphatic carbocycles. The van der Waals surface area contributed by atoms with E-state index in [0.717, 1.165) is 30.6 Å². The van der Waals surface area contributed by atoms with Gasteiger partial charge in [-0.15, -0.1) is 11.8 Å². The number of hydrogen-bond acceptors (Lipinski definition) is 2. The minimum absolute atomic E-state index is 0.149.